The zero-order valence-corrected chi connectivity index (χ0v) is 14.2. The summed E-state index contributed by atoms with van der Waals surface area (Å²) in [6.07, 6.45) is -0.684. The molecule has 2 aliphatic rings. The van der Waals surface area contributed by atoms with Crippen molar-refractivity contribution in [2.24, 2.45) is 0 Å². The highest BCUT2D eigenvalue weighted by Gasteiger charge is 2.49. The molecule has 0 radical (unpaired) electrons. The number of benzene rings is 3. The topological polar surface area (TPSA) is 40.6 Å². The summed E-state index contributed by atoms with van der Waals surface area (Å²) < 4.78 is 0. The first-order valence-electron chi connectivity index (χ1n) is 8.59. The van der Waals surface area contributed by atoms with Crippen molar-refractivity contribution < 1.29 is 9.59 Å². The van der Waals surface area contributed by atoms with Crippen molar-refractivity contribution in [2.45, 2.75) is 13.1 Å². The first-order chi connectivity index (χ1) is 12.7. The monoisotopic (exact) mass is 340 g/mol. The fourth-order valence-electron chi connectivity index (χ4n) is 3.95. The molecule has 4 nitrogen and oxygen atoms in total. The van der Waals surface area contributed by atoms with Crippen molar-refractivity contribution in [1.82, 2.24) is 0 Å². The van der Waals surface area contributed by atoms with E-state index in [4.69, 9.17) is 0 Å². The second kappa shape index (κ2) is 5.30. The van der Waals surface area contributed by atoms with Crippen LogP contribution in [0.3, 0.4) is 0 Å². The first-order valence-corrected chi connectivity index (χ1v) is 8.59. The van der Waals surface area contributed by atoms with Crippen molar-refractivity contribution in [3.05, 3.63) is 89.5 Å². The van der Waals surface area contributed by atoms with Gasteiger partial charge in [-0.3, -0.25) is 14.5 Å². The number of nitrogens with zero attached hydrogens (tertiary/aromatic N) is 2. The summed E-state index contributed by atoms with van der Waals surface area (Å²) in [5.74, 6) is -0.187. The van der Waals surface area contributed by atoms with Crippen LogP contribution >= 0.6 is 0 Å². The number of aryl methyl sites for hydroxylation is 1. The van der Waals surface area contributed by atoms with Crippen LogP contribution in [0.5, 0.6) is 0 Å². The predicted octanol–water partition coefficient (Wildman–Crippen LogP) is 4.32. The summed E-state index contributed by atoms with van der Waals surface area (Å²) in [5, 5.41) is 0. The second-order valence-corrected chi connectivity index (χ2v) is 6.60. The van der Waals surface area contributed by atoms with Gasteiger partial charge in [0.25, 0.3) is 5.91 Å². The van der Waals surface area contributed by atoms with E-state index in [9.17, 15) is 9.59 Å². The van der Waals surface area contributed by atoms with Gasteiger partial charge in [-0.15, -0.1) is 0 Å². The van der Waals surface area contributed by atoms with Gasteiger partial charge in [0, 0.05) is 11.3 Å². The third kappa shape index (κ3) is 1.84. The fraction of sp³-hybridized carbons (Fsp3) is 0.0909. The number of para-hydroxylation sites is 3. The van der Waals surface area contributed by atoms with Gasteiger partial charge < -0.3 is 4.90 Å². The minimum Gasteiger partial charge on any atom is -0.311 e. The van der Waals surface area contributed by atoms with Crippen molar-refractivity contribution in [2.75, 3.05) is 9.80 Å². The van der Waals surface area contributed by atoms with Crippen LogP contribution in [-0.4, -0.2) is 17.9 Å². The normalized spacial score (nSPS) is 17.8. The van der Waals surface area contributed by atoms with E-state index in [1.807, 2.05) is 60.4 Å². The zero-order chi connectivity index (χ0) is 17.8. The lowest BCUT2D eigenvalue weighted by Gasteiger charge is -2.35. The van der Waals surface area contributed by atoms with Gasteiger partial charge in [-0.05, 0) is 36.8 Å². The smallest absolute Gasteiger partial charge is 0.261 e. The number of ketones is 1. The number of rotatable bonds is 1. The highest BCUT2D eigenvalue weighted by atomic mass is 16.2. The van der Waals surface area contributed by atoms with Gasteiger partial charge in [0.2, 0.25) is 5.78 Å². The van der Waals surface area contributed by atoms with Crippen molar-refractivity contribution in [3.8, 4) is 0 Å². The lowest BCUT2D eigenvalue weighted by Crippen LogP contribution is -2.53. The van der Waals surface area contributed by atoms with Crippen LogP contribution in [0.15, 0.2) is 72.8 Å². The molecule has 26 heavy (non-hydrogen) atoms. The van der Waals surface area contributed by atoms with Gasteiger partial charge in [0.15, 0.2) is 6.17 Å². The summed E-state index contributed by atoms with van der Waals surface area (Å²) in [6.45, 7) is 2.02. The Balaban J connectivity index is 1.79. The Kier molecular flexibility index (Phi) is 3.04. The minimum atomic E-state index is -0.684. The average molecular weight is 340 g/mol. The molecule has 0 spiro atoms. The molecule has 0 aliphatic carbocycles. The number of hydrogen-bond donors (Lipinski definition) is 0. The summed E-state index contributed by atoms with van der Waals surface area (Å²) in [4.78, 5) is 30.2. The highest BCUT2D eigenvalue weighted by Crippen LogP contribution is 2.47. The van der Waals surface area contributed by atoms with Crippen LogP contribution in [0.25, 0.3) is 0 Å². The largest absolute Gasteiger partial charge is 0.311 e. The maximum absolute atomic E-state index is 13.4. The molecule has 0 saturated carbocycles. The molecule has 4 heteroatoms. The number of Topliss-reactive ketones (excluding diaryl/α,β-unsaturated/α-hetero) is 1. The summed E-state index contributed by atoms with van der Waals surface area (Å²) in [5.41, 5.74) is 4.60. The van der Waals surface area contributed by atoms with Gasteiger partial charge in [-0.2, -0.15) is 0 Å². The third-order valence-electron chi connectivity index (χ3n) is 5.14. The molecule has 0 fully saturated rings. The quantitative estimate of drug-likeness (QED) is 0.662. The first kappa shape index (κ1) is 14.9. The number of carbonyl (C=O) groups excluding carboxylic acids is 2. The molecule has 0 bridgehead atoms. The number of carbonyl (C=O) groups is 2. The van der Waals surface area contributed by atoms with E-state index in [0.29, 0.717) is 11.1 Å². The molecular weight excluding hydrogens is 324 g/mol. The van der Waals surface area contributed by atoms with Crippen LogP contribution in [-0.2, 0) is 0 Å². The molecule has 3 aromatic carbocycles. The molecule has 0 N–H and O–H groups in total. The van der Waals surface area contributed by atoms with Crippen LogP contribution < -0.4 is 9.80 Å². The Morgan fingerprint density at radius 1 is 0.654 bits per heavy atom. The van der Waals surface area contributed by atoms with Crippen molar-refractivity contribution in [3.63, 3.8) is 0 Å². The third-order valence-corrected chi connectivity index (χ3v) is 5.14. The Hall–Kier alpha value is -3.40. The zero-order valence-electron chi connectivity index (χ0n) is 14.2. The lowest BCUT2D eigenvalue weighted by atomic mass is 9.95. The fourth-order valence-corrected chi connectivity index (χ4v) is 3.95. The molecular formula is C22H16N2O2. The van der Waals surface area contributed by atoms with E-state index in [1.54, 1.807) is 29.2 Å². The van der Waals surface area contributed by atoms with Crippen LogP contribution in [0.1, 0.15) is 26.3 Å². The van der Waals surface area contributed by atoms with Gasteiger partial charge >= 0.3 is 0 Å². The van der Waals surface area contributed by atoms with Crippen LogP contribution in [0.4, 0.5) is 17.1 Å². The maximum atomic E-state index is 13.4. The van der Waals surface area contributed by atoms with E-state index in [0.717, 1.165) is 22.6 Å². The number of amides is 1. The molecule has 2 heterocycles. The molecule has 0 saturated heterocycles. The van der Waals surface area contributed by atoms with E-state index < -0.39 is 6.17 Å². The molecule has 1 unspecified atom stereocenters. The Bertz CT molecular complexity index is 1070. The Morgan fingerprint density at radius 2 is 1.19 bits per heavy atom. The standard InChI is InChI=1S/C22H16N2O2/c1-14-8-2-5-11-17(14)23-18-12-6-7-13-19(18)24-21(23)20(25)15-9-3-4-10-16(15)22(24)26/h2-13,21H,1H3. The van der Waals surface area contributed by atoms with Crippen molar-refractivity contribution >= 4 is 28.8 Å². The highest BCUT2D eigenvalue weighted by molar-refractivity contribution is 6.26. The molecule has 126 valence electrons. The van der Waals surface area contributed by atoms with Crippen LogP contribution in [0, 0.1) is 6.92 Å². The lowest BCUT2D eigenvalue weighted by molar-refractivity contribution is 0.0876. The van der Waals surface area contributed by atoms with E-state index in [2.05, 4.69) is 0 Å². The summed E-state index contributed by atoms with van der Waals surface area (Å²) >= 11 is 0. The van der Waals surface area contributed by atoms with Crippen LogP contribution in [0.2, 0.25) is 0 Å². The molecule has 5 rings (SSSR count). The molecule has 1 atom stereocenters. The molecule has 1 amide bonds. The molecule has 0 aromatic heterocycles. The number of anilines is 3. The summed E-state index contributed by atoms with van der Waals surface area (Å²) in [7, 11) is 0. The maximum Gasteiger partial charge on any atom is 0.261 e. The van der Waals surface area contributed by atoms with Crippen molar-refractivity contribution in [1.29, 1.82) is 0 Å². The Morgan fingerprint density at radius 3 is 1.88 bits per heavy atom. The number of fused-ring (bicyclic) bond motifs is 4. The summed E-state index contributed by atoms with van der Waals surface area (Å²) in [6, 6.07) is 22.7. The molecule has 3 aromatic rings. The SMILES string of the molecule is Cc1ccccc1N1c2ccccc2N2C(=O)c3ccccc3C(=O)C21. The Labute approximate surface area is 151 Å². The average Bonchev–Trinajstić information content (AvgIpc) is 3.02. The van der Waals surface area contributed by atoms with E-state index in [-0.39, 0.29) is 11.7 Å². The van der Waals surface area contributed by atoms with Gasteiger partial charge in [0.1, 0.15) is 0 Å². The van der Waals surface area contributed by atoms with E-state index >= 15 is 0 Å². The van der Waals surface area contributed by atoms with Gasteiger partial charge in [0.05, 0.1) is 16.9 Å². The van der Waals surface area contributed by atoms with Gasteiger partial charge in [-0.1, -0.05) is 48.5 Å². The second-order valence-electron chi connectivity index (χ2n) is 6.60. The predicted molar refractivity (Wildman–Crippen MR) is 101 cm³/mol. The number of hydrogen-bond acceptors (Lipinski definition) is 3. The minimum absolute atomic E-state index is 0.0559. The van der Waals surface area contributed by atoms with E-state index in [1.165, 1.54) is 0 Å². The molecule has 2 aliphatic heterocycles. The van der Waals surface area contributed by atoms with Gasteiger partial charge in [-0.25, -0.2) is 0 Å².